The minimum absolute atomic E-state index is 0.0326. The van der Waals surface area contributed by atoms with Crippen molar-refractivity contribution in [2.24, 2.45) is 0 Å². The van der Waals surface area contributed by atoms with Crippen molar-refractivity contribution in [3.8, 4) is 11.5 Å². The number of thioether (sulfide) groups is 1. The third-order valence-corrected chi connectivity index (χ3v) is 7.73. The monoisotopic (exact) mass is 673 g/mol. The van der Waals surface area contributed by atoms with Crippen LogP contribution in [-0.2, 0) is 16.2 Å². The van der Waals surface area contributed by atoms with Crippen LogP contribution in [0.15, 0.2) is 59.5 Å². The Morgan fingerprint density at radius 2 is 1.90 bits per heavy atom. The lowest BCUT2D eigenvalue weighted by Crippen LogP contribution is -2.36. The number of amides is 3. The van der Waals surface area contributed by atoms with Crippen LogP contribution in [0.1, 0.15) is 22.3 Å². The zero-order chi connectivity index (χ0) is 29.0. The summed E-state index contributed by atoms with van der Waals surface area (Å²) in [5, 5.41) is 13.2. The quantitative estimate of drug-likeness (QED) is 0.125. The summed E-state index contributed by atoms with van der Waals surface area (Å²) in [4.78, 5) is 49.7. The van der Waals surface area contributed by atoms with Crippen LogP contribution in [0.3, 0.4) is 0 Å². The van der Waals surface area contributed by atoms with Gasteiger partial charge in [0.25, 0.3) is 16.8 Å². The van der Waals surface area contributed by atoms with E-state index in [1.807, 2.05) is 26.0 Å². The molecule has 40 heavy (non-hydrogen) atoms. The molecule has 1 fully saturated rings. The fourth-order valence-electron chi connectivity index (χ4n) is 3.83. The fourth-order valence-corrected chi connectivity index (χ4v) is 5.45. The van der Waals surface area contributed by atoms with Gasteiger partial charge in [0.1, 0.15) is 13.2 Å². The predicted molar refractivity (Wildman–Crippen MR) is 160 cm³/mol. The number of carbonyl (C=O) groups is 3. The first-order valence-electron chi connectivity index (χ1n) is 11.9. The zero-order valence-corrected chi connectivity index (χ0v) is 24.7. The molecule has 0 bridgehead atoms. The molecule has 12 heteroatoms. The van der Waals surface area contributed by atoms with Crippen LogP contribution in [0.2, 0.25) is 0 Å². The predicted octanol–water partition coefficient (Wildman–Crippen LogP) is 6.08. The summed E-state index contributed by atoms with van der Waals surface area (Å²) in [5.74, 6) is -0.225. The lowest BCUT2D eigenvalue weighted by Gasteiger charge is -2.14. The molecule has 3 aromatic rings. The average molecular weight is 673 g/mol. The maximum absolute atomic E-state index is 13.0. The summed E-state index contributed by atoms with van der Waals surface area (Å²) in [6.07, 6.45) is 1.56. The van der Waals surface area contributed by atoms with Crippen LogP contribution in [0.5, 0.6) is 11.5 Å². The van der Waals surface area contributed by atoms with Gasteiger partial charge in [0.15, 0.2) is 11.5 Å². The molecule has 0 unspecified atom stereocenters. The molecule has 1 saturated heterocycles. The van der Waals surface area contributed by atoms with Crippen LogP contribution >= 0.6 is 34.4 Å². The van der Waals surface area contributed by atoms with Crippen LogP contribution < -0.4 is 14.8 Å². The highest BCUT2D eigenvalue weighted by molar-refractivity contribution is 14.1. The van der Waals surface area contributed by atoms with Crippen molar-refractivity contribution >= 4 is 68.9 Å². The van der Waals surface area contributed by atoms with Gasteiger partial charge in [0.2, 0.25) is 5.91 Å². The van der Waals surface area contributed by atoms with E-state index in [2.05, 4.69) is 27.9 Å². The van der Waals surface area contributed by atoms with Crippen LogP contribution in [-0.4, -0.2) is 40.5 Å². The smallest absolute Gasteiger partial charge is 0.294 e. The highest BCUT2D eigenvalue weighted by Crippen LogP contribution is 2.37. The number of imide groups is 1. The van der Waals surface area contributed by atoms with E-state index >= 15 is 0 Å². The first-order valence-corrected chi connectivity index (χ1v) is 13.8. The molecular weight excluding hydrogens is 649 g/mol. The Balaban J connectivity index is 1.46. The average Bonchev–Trinajstić information content (AvgIpc) is 3.17. The normalized spacial score (nSPS) is 14.0. The van der Waals surface area contributed by atoms with Gasteiger partial charge in [-0.1, -0.05) is 18.2 Å². The van der Waals surface area contributed by atoms with Gasteiger partial charge < -0.3 is 14.8 Å². The molecule has 0 saturated carbocycles. The van der Waals surface area contributed by atoms with Crippen molar-refractivity contribution in [3.63, 3.8) is 0 Å². The molecule has 0 atom stereocenters. The fraction of sp³-hybridized carbons (Fsp3) is 0.179. The Bertz CT molecular complexity index is 1560. The van der Waals surface area contributed by atoms with E-state index < -0.39 is 28.5 Å². The van der Waals surface area contributed by atoms with Crippen LogP contribution in [0.25, 0.3) is 6.08 Å². The van der Waals surface area contributed by atoms with Crippen LogP contribution in [0.4, 0.5) is 16.2 Å². The van der Waals surface area contributed by atoms with Gasteiger partial charge in [-0.25, -0.2) is 0 Å². The number of carbonyl (C=O) groups excluding carboxylic acids is 3. The second-order valence-corrected chi connectivity index (χ2v) is 11.0. The number of rotatable bonds is 9. The second kappa shape index (κ2) is 12.5. The second-order valence-electron chi connectivity index (χ2n) is 8.86. The zero-order valence-electron chi connectivity index (χ0n) is 21.7. The lowest BCUT2D eigenvalue weighted by molar-refractivity contribution is -0.384. The van der Waals surface area contributed by atoms with Crippen molar-refractivity contribution in [1.82, 2.24) is 4.90 Å². The van der Waals surface area contributed by atoms with E-state index in [0.717, 1.165) is 27.8 Å². The Morgan fingerprint density at radius 3 is 2.60 bits per heavy atom. The van der Waals surface area contributed by atoms with Gasteiger partial charge in [-0.2, -0.15) is 0 Å². The van der Waals surface area contributed by atoms with Crippen molar-refractivity contribution in [2.75, 3.05) is 19.0 Å². The van der Waals surface area contributed by atoms with E-state index in [4.69, 9.17) is 9.47 Å². The number of hydrogen-bond donors (Lipinski definition) is 1. The standard InChI is InChI=1S/C28H24IN3O7S/c1-16-7-8-20(9-17(16)2)30-25(33)14-31-27(34)24(40-28(31)35)13-19-11-22(29)26(23(12-19)38-3)39-15-18-5-4-6-21(10-18)32(36)37/h4-13H,14-15H2,1-3H3,(H,30,33)/b24-13+. The number of aryl methyl sites for hydroxylation is 2. The van der Waals surface area contributed by atoms with Gasteiger partial charge in [0.05, 0.1) is 20.5 Å². The molecule has 0 radical (unpaired) electrons. The number of methoxy groups -OCH3 is 1. The van der Waals surface area contributed by atoms with Crippen molar-refractivity contribution in [2.45, 2.75) is 20.5 Å². The molecule has 0 spiro atoms. The van der Waals surface area contributed by atoms with E-state index in [0.29, 0.717) is 31.9 Å². The van der Waals surface area contributed by atoms with Crippen molar-refractivity contribution in [1.29, 1.82) is 0 Å². The summed E-state index contributed by atoms with van der Waals surface area (Å²) in [6, 6.07) is 15.0. The van der Waals surface area contributed by atoms with Gasteiger partial charge >= 0.3 is 0 Å². The number of anilines is 1. The number of hydrogen-bond acceptors (Lipinski definition) is 8. The number of nitrogens with one attached hydrogen (secondary N) is 1. The molecule has 1 heterocycles. The van der Waals surface area contributed by atoms with Gasteiger partial charge in [-0.15, -0.1) is 0 Å². The van der Waals surface area contributed by atoms with E-state index in [9.17, 15) is 24.5 Å². The number of non-ortho nitro benzene ring substituents is 1. The largest absolute Gasteiger partial charge is 0.493 e. The molecular formula is C28H24IN3O7S. The summed E-state index contributed by atoms with van der Waals surface area (Å²) in [6.45, 7) is 3.57. The van der Waals surface area contributed by atoms with Crippen molar-refractivity contribution < 1.29 is 28.8 Å². The lowest BCUT2D eigenvalue weighted by atomic mass is 10.1. The molecule has 206 valence electrons. The topological polar surface area (TPSA) is 128 Å². The summed E-state index contributed by atoms with van der Waals surface area (Å²) < 4.78 is 12.1. The molecule has 1 N–H and O–H groups in total. The Kier molecular flexibility index (Phi) is 9.10. The number of halogens is 1. The Hall–Kier alpha value is -3.91. The Morgan fingerprint density at radius 1 is 1.12 bits per heavy atom. The highest BCUT2D eigenvalue weighted by atomic mass is 127. The molecule has 4 rings (SSSR count). The number of nitro benzene ring substituents is 1. The van der Waals surface area contributed by atoms with E-state index in [1.165, 1.54) is 19.2 Å². The van der Waals surface area contributed by atoms with Crippen LogP contribution in [0, 0.1) is 27.5 Å². The molecule has 3 aromatic carbocycles. The Labute approximate surface area is 248 Å². The number of nitro groups is 1. The highest BCUT2D eigenvalue weighted by Gasteiger charge is 2.36. The SMILES string of the molecule is COc1cc(/C=C2/SC(=O)N(CC(=O)Nc3ccc(C)c(C)c3)C2=O)cc(I)c1OCc1cccc([N+](=O)[O-])c1. The molecule has 1 aliphatic rings. The van der Waals surface area contributed by atoms with E-state index in [-0.39, 0.29) is 17.2 Å². The third kappa shape index (κ3) is 6.80. The third-order valence-electron chi connectivity index (χ3n) is 6.02. The molecule has 10 nitrogen and oxygen atoms in total. The van der Waals surface area contributed by atoms with Gasteiger partial charge in [0, 0.05) is 17.8 Å². The van der Waals surface area contributed by atoms with E-state index in [1.54, 1.807) is 36.4 Å². The number of benzene rings is 3. The maximum atomic E-state index is 13.0. The summed E-state index contributed by atoms with van der Waals surface area (Å²) in [5.41, 5.74) is 3.86. The minimum atomic E-state index is -0.565. The number of nitrogens with zero attached hydrogens (tertiary/aromatic N) is 2. The first-order chi connectivity index (χ1) is 19.0. The molecule has 0 aliphatic carbocycles. The van der Waals surface area contributed by atoms with Gasteiger partial charge in [-0.3, -0.25) is 29.4 Å². The molecule has 0 aromatic heterocycles. The summed E-state index contributed by atoms with van der Waals surface area (Å²) >= 11 is 2.81. The summed E-state index contributed by atoms with van der Waals surface area (Å²) in [7, 11) is 1.47. The van der Waals surface area contributed by atoms with Gasteiger partial charge in [-0.05, 0) is 101 Å². The first kappa shape index (κ1) is 29.1. The number of ether oxygens (including phenoxy) is 2. The molecule has 3 amide bonds. The molecule has 1 aliphatic heterocycles. The van der Waals surface area contributed by atoms with Crippen molar-refractivity contribution in [3.05, 3.63) is 95.4 Å². The maximum Gasteiger partial charge on any atom is 0.294 e. The minimum Gasteiger partial charge on any atom is -0.493 e.